The first-order valence-corrected chi connectivity index (χ1v) is 8.88. The van der Waals surface area contributed by atoms with E-state index in [0.717, 1.165) is 42.6 Å². The highest BCUT2D eigenvalue weighted by Crippen LogP contribution is 2.15. The van der Waals surface area contributed by atoms with Gasteiger partial charge >= 0.3 is 0 Å². The zero-order valence-electron chi connectivity index (χ0n) is 14.4. The molecule has 0 radical (unpaired) electrons. The molecule has 6 nitrogen and oxygen atoms in total. The molecule has 9 heteroatoms. The molecular weight excluding hydrogens is 514 g/mol. The van der Waals surface area contributed by atoms with Crippen LogP contribution in [0.4, 0.5) is 10.3 Å². The lowest BCUT2D eigenvalue weighted by Crippen LogP contribution is -2.52. The topological polar surface area (TPSA) is 56.7 Å². The molecule has 0 spiro atoms. The fraction of sp³-hybridized carbons (Fsp3) is 0.353. The Morgan fingerprint density at radius 3 is 2.54 bits per heavy atom. The number of hydrogen-bond donors (Lipinski definition) is 1. The van der Waals surface area contributed by atoms with E-state index in [-0.39, 0.29) is 29.8 Å². The third-order valence-electron chi connectivity index (χ3n) is 4.08. The van der Waals surface area contributed by atoms with Crippen molar-refractivity contribution in [1.29, 1.82) is 0 Å². The molecule has 0 bridgehead atoms. The molecule has 1 N–H and O–H groups in total. The number of guanidine groups is 1. The lowest BCUT2D eigenvalue weighted by atomic mass is 10.2. The van der Waals surface area contributed by atoms with Crippen LogP contribution in [0.2, 0.25) is 0 Å². The summed E-state index contributed by atoms with van der Waals surface area (Å²) in [5.74, 6) is 1.29. The number of halogens is 3. The summed E-state index contributed by atoms with van der Waals surface area (Å²) in [6, 6.07) is 6.89. The van der Waals surface area contributed by atoms with Crippen LogP contribution in [0, 0.1) is 5.82 Å². The van der Waals surface area contributed by atoms with Crippen LogP contribution in [0.15, 0.2) is 46.1 Å². The second-order valence-corrected chi connectivity index (χ2v) is 6.58. The molecule has 140 valence electrons. The van der Waals surface area contributed by atoms with Gasteiger partial charge in [0.25, 0.3) is 0 Å². The molecule has 3 rings (SSSR count). The van der Waals surface area contributed by atoms with E-state index in [1.54, 1.807) is 25.5 Å². The number of piperazine rings is 1. The largest absolute Gasteiger partial charge is 0.352 e. The van der Waals surface area contributed by atoms with Gasteiger partial charge in [0, 0.05) is 62.2 Å². The Hall–Kier alpha value is -1.49. The van der Waals surface area contributed by atoms with E-state index in [1.807, 2.05) is 12.1 Å². The molecule has 0 unspecified atom stereocenters. The average molecular weight is 535 g/mol. The van der Waals surface area contributed by atoms with Crippen molar-refractivity contribution in [3.63, 3.8) is 0 Å². The first kappa shape index (κ1) is 20.8. The molecule has 2 heterocycles. The summed E-state index contributed by atoms with van der Waals surface area (Å²) >= 11 is 3.27. The number of hydrogen-bond acceptors (Lipinski definition) is 4. The summed E-state index contributed by atoms with van der Waals surface area (Å²) in [7, 11) is 1.74. The lowest BCUT2D eigenvalue weighted by Gasteiger charge is -2.36. The quantitative estimate of drug-likeness (QED) is 0.373. The number of nitrogens with zero attached hydrogens (tertiary/aromatic N) is 5. The van der Waals surface area contributed by atoms with Crippen molar-refractivity contribution < 1.29 is 4.39 Å². The Balaban J connectivity index is 0.00000243. The van der Waals surface area contributed by atoms with E-state index in [4.69, 9.17) is 0 Å². The van der Waals surface area contributed by atoms with Gasteiger partial charge in [0.2, 0.25) is 5.95 Å². The Bertz CT molecular complexity index is 737. The number of benzene rings is 1. The molecule has 1 aliphatic rings. The second-order valence-electron chi connectivity index (χ2n) is 5.66. The minimum atomic E-state index is -0.233. The van der Waals surface area contributed by atoms with E-state index in [2.05, 4.69) is 46.0 Å². The van der Waals surface area contributed by atoms with Gasteiger partial charge in [-0.1, -0.05) is 22.0 Å². The number of rotatable bonds is 3. The molecule has 0 aliphatic carbocycles. The molecule has 0 atom stereocenters. The van der Waals surface area contributed by atoms with Gasteiger partial charge in [-0.2, -0.15) is 0 Å². The summed E-state index contributed by atoms with van der Waals surface area (Å²) in [4.78, 5) is 17.2. The van der Waals surface area contributed by atoms with Gasteiger partial charge in [-0.25, -0.2) is 14.4 Å². The van der Waals surface area contributed by atoms with Crippen molar-refractivity contribution in [2.45, 2.75) is 6.54 Å². The Kier molecular flexibility index (Phi) is 8.01. The predicted molar refractivity (Wildman–Crippen MR) is 116 cm³/mol. The van der Waals surface area contributed by atoms with Crippen LogP contribution >= 0.6 is 39.9 Å². The SMILES string of the molecule is CN=C(NCc1ccc(Br)cc1F)N1CCN(c2ncccn2)CC1.I. The van der Waals surface area contributed by atoms with Gasteiger partial charge in [-0.05, 0) is 18.2 Å². The van der Waals surface area contributed by atoms with E-state index in [0.29, 0.717) is 12.1 Å². The highest BCUT2D eigenvalue weighted by Gasteiger charge is 2.21. The molecule has 1 fully saturated rings. The number of aromatic nitrogens is 2. The molecular formula is C17H21BrFIN6. The smallest absolute Gasteiger partial charge is 0.225 e. The van der Waals surface area contributed by atoms with E-state index >= 15 is 0 Å². The van der Waals surface area contributed by atoms with Crippen molar-refractivity contribution >= 4 is 51.8 Å². The zero-order valence-corrected chi connectivity index (χ0v) is 18.3. The van der Waals surface area contributed by atoms with Gasteiger partial charge in [0.05, 0.1) is 0 Å². The van der Waals surface area contributed by atoms with Crippen molar-refractivity contribution in [3.05, 3.63) is 52.5 Å². The standard InChI is InChI=1S/C17H20BrFN6.HI/c1-20-16(23-12-13-3-4-14(18)11-15(13)19)24-7-9-25(10-8-24)17-21-5-2-6-22-17;/h2-6,11H,7-10,12H2,1H3,(H,20,23);1H. The minimum Gasteiger partial charge on any atom is -0.352 e. The number of nitrogens with one attached hydrogen (secondary N) is 1. The van der Waals surface area contributed by atoms with Crippen LogP contribution in [0.3, 0.4) is 0 Å². The third kappa shape index (κ3) is 5.26. The minimum absolute atomic E-state index is 0. The van der Waals surface area contributed by atoms with Crippen LogP contribution in [-0.2, 0) is 6.54 Å². The van der Waals surface area contributed by atoms with E-state index < -0.39 is 0 Å². The van der Waals surface area contributed by atoms with E-state index in [9.17, 15) is 4.39 Å². The average Bonchev–Trinajstić information content (AvgIpc) is 2.65. The monoisotopic (exact) mass is 534 g/mol. The molecule has 2 aromatic rings. The maximum Gasteiger partial charge on any atom is 0.225 e. The van der Waals surface area contributed by atoms with Crippen LogP contribution in [0.25, 0.3) is 0 Å². The molecule has 1 aromatic heterocycles. The summed E-state index contributed by atoms with van der Waals surface area (Å²) in [6.45, 7) is 3.64. The van der Waals surface area contributed by atoms with Crippen LogP contribution in [-0.4, -0.2) is 54.1 Å². The summed E-state index contributed by atoms with van der Waals surface area (Å²) in [5.41, 5.74) is 0.612. The maximum atomic E-state index is 13.9. The van der Waals surface area contributed by atoms with Crippen LogP contribution < -0.4 is 10.2 Å². The maximum absolute atomic E-state index is 13.9. The van der Waals surface area contributed by atoms with Gasteiger partial charge in [-0.15, -0.1) is 24.0 Å². The van der Waals surface area contributed by atoms with Crippen molar-refractivity contribution in [3.8, 4) is 0 Å². The zero-order chi connectivity index (χ0) is 17.6. The molecule has 1 aliphatic heterocycles. The summed E-state index contributed by atoms with van der Waals surface area (Å²) in [6.07, 6.45) is 3.50. The third-order valence-corrected chi connectivity index (χ3v) is 4.57. The fourth-order valence-corrected chi connectivity index (χ4v) is 3.08. The fourth-order valence-electron chi connectivity index (χ4n) is 2.74. The summed E-state index contributed by atoms with van der Waals surface area (Å²) in [5, 5.41) is 3.24. The second kappa shape index (κ2) is 10.0. The predicted octanol–water partition coefficient (Wildman–Crippen LogP) is 2.89. The highest BCUT2D eigenvalue weighted by molar-refractivity contribution is 14.0. The number of anilines is 1. The van der Waals surface area contributed by atoms with Crippen molar-refractivity contribution in [1.82, 2.24) is 20.2 Å². The van der Waals surface area contributed by atoms with E-state index in [1.165, 1.54) is 6.07 Å². The summed E-state index contributed by atoms with van der Waals surface area (Å²) < 4.78 is 14.7. The Morgan fingerprint density at radius 1 is 1.23 bits per heavy atom. The van der Waals surface area contributed by atoms with Crippen LogP contribution in [0.1, 0.15) is 5.56 Å². The van der Waals surface area contributed by atoms with Crippen LogP contribution in [0.5, 0.6) is 0 Å². The lowest BCUT2D eigenvalue weighted by molar-refractivity contribution is 0.369. The van der Waals surface area contributed by atoms with Gasteiger partial charge in [-0.3, -0.25) is 4.99 Å². The van der Waals surface area contributed by atoms with Gasteiger partial charge in [0.1, 0.15) is 5.82 Å². The van der Waals surface area contributed by atoms with Crippen molar-refractivity contribution in [2.24, 2.45) is 4.99 Å². The highest BCUT2D eigenvalue weighted by atomic mass is 127. The normalized spacial score (nSPS) is 14.8. The first-order chi connectivity index (χ1) is 12.2. The molecule has 0 amide bonds. The van der Waals surface area contributed by atoms with Gasteiger partial charge in [0.15, 0.2) is 5.96 Å². The van der Waals surface area contributed by atoms with Gasteiger partial charge < -0.3 is 15.1 Å². The molecule has 1 saturated heterocycles. The number of aliphatic imine (C=N–C) groups is 1. The molecule has 1 aromatic carbocycles. The Morgan fingerprint density at radius 2 is 1.92 bits per heavy atom. The molecule has 0 saturated carbocycles. The first-order valence-electron chi connectivity index (χ1n) is 8.09. The van der Waals surface area contributed by atoms with Crippen molar-refractivity contribution in [2.75, 3.05) is 38.1 Å². The Labute approximate surface area is 178 Å². The molecule has 26 heavy (non-hydrogen) atoms.